The quantitative estimate of drug-likeness (QED) is 0.391. The molecule has 0 radical (unpaired) electrons. The summed E-state index contributed by atoms with van der Waals surface area (Å²) in [5.74, 6) is -2.83. The third kappa shape index (κ3) is 3.80. The minimum atomic E-state index is -1.05. The van der Waals surface area contributed by atoms with E-state index in [-0.39, 0.29) is 67.9 Å². The Morgan fingerprint density at radius 1 is 1.03 bits per heavy atom. The van der Waals surface area contributed by atoms with Gasteiger partial charge in [0.25, 0.3) is 0 Å². The zero-order chi connectivity index (χ0) is 28.6. The fourth-order valence-corrected chi connectivity index (χ4v) is 9.24. The summed E-state index contributed by atoms with van der Waals surface area (Å²) >= 11 is 0. The van der Waals surface area contributed by atoms with E-state index in [0.29, 0.717) is 24.0 Å². The van der Waals surface area contributed by atoms with E-state index in [1.165, 1.54) is 6.92 Å². The van der Waals surface area contributed by atoms with Gasteiger partial charge >= 0.3 is 5.97 Å². The van der Waals surface area contributed by atoms with Gasteiger partial charge in [-0.1, -0.05) is 41.5 Å². The lowest BCUT2D eigenvalue weighted by Crippen LogP contribution is -2.61. The van der Waals surface area contributed by atoms with Crippen LogP contribution in [0, 0.1) is 45.3 Å². The van der Waals surface area contributed by atoms with E-state index < -0.39 is 51.7 Å². The van der Waals surface area contributed by atoms with Gasteiger partial charge in [0, 0.05) is 42.1 Å². The standard InChI is InChI=1S/C30H44O8/c1-15(9-17(32)10-16(2)26(37)38)18-11-23(36)30(6)25-19(33)12-21-27(3,8-7-22(35)28(21,4)14-31)24(25)20(34)13-29(18,30)5/h15-16,18-19,21,23,31,33,36H,7-14H2,1-6H3,(H,37,38)/t15-,16-,18-,19+,21-,23+,27+,28+,29-,30+/m1/s1. The van der Waals surface area contributed by atoms with Crippen LogP contribution in [0.2, 0.25) is 0 Å². The van der Waals surface area contributed by atoms with E-state index in [2.05, 4.69) is 0 Å². The van der Waals surface area contributed by atoms with E-state index in [1.807, 2.05) is 27.7 Å². The van der Waals surface area contributed by atoms with Crippen molar-refractivity contribution < 1.29 is 39.6 Å². The third-order valence-electron chi connectivity index (χ3n) is 11.7. The second-order valence-corrected chi connectivity index (χ2v) is 13.8. The Hall–Kier alpha value is -1.90. The van der Waals surface area contributed by atoms with E-state index in [1.54, 1.807) is 6.92 Å². The Kier molecular flexibility index (Phi) is 7.15. The molecule has 4 aliphatic rings. The Labute approximate surface area is 224 Å². The molecule has 0 amide bonds. The average molecular weight is 533 g/mol. The first-order valence-electron chi connectivity index (χ1n) is 14.0. The van der Waals surface area contributed by atoms with Gasteiger partial charge < -0.3 is 20.4 Å². The molecule has 0 spiro atoms. The molecule has 4 N–H and O–H groups in total. The average Bonchev–Trinajstić information content (AvgIpc) is 3.03. The predicted molar refractivity (Wildman–Crippen MR) is 139 cm³/mol. The molecular formula is C30H44O8. The highest BCUT2D eigenvalue weighted by molar-refractivity contribution is 6.01. The van der Waals surface area contributed by atoms with Crippen LogP contribution in [0.25, 0.3) is 0 Å². The molecule has 0 saturated heterocycles. The van der Waals surface area contributed by atoms with E-state index >= 15 is 0 Å². The van der Waals surface area contributed by atoms with Crippen LogP contribution in [0.5, 0.6) is 0 Å². The number of aliphatic hydroxyl groups is 3. The minimum Gasteiger partial charge on any atom is -0.481 e. The zero-order valence-electron chi connectivity index (χ0n) is 23.5. The van der Waals surface area contributed by atoms with Crippen LogP contribution in [0.15, 0.2) is 11.1 Å². The molecular weight excluding hydrogens is 488 g/mol. The van der Waals surface area contributed by atoms with Gasteiger partial charge in [-0.25, -0.2) is 0 Å². The van der Waals surface area contributed by atoms with Crippen molar-refractivity contribution >= 4 is 23.3 Å². The summed E-state index contributed by atoms with van der Waals surface area (Å²) in [6.07, 6.45) is -0.287. The molecule has 10 atom stereocenters. The van der Waals surface area contributed by atoms with E-state index in [0.717, 1.165) is 0 Å². The fraction of sp³-hybridized carbons (Fsp3) is 0.800. The van der Waals surface area contributed by atoms with E-state index in [4.69, 9.17) is 0 Å². The molecule has 8 nitrogen and oxygen atoms in total. The first-order chi connectivity index (χ1) is 17.5. The van der Waals surface area contributed by atoms with Crippen molar-refractivity contribution in [3.8, 4) is 0 Å². The summed E-state index contributed by atoms with van der Waals surface area (Å²) in [6.45, 7) is 10.7. The number of carboxylic acids is 1. The summed E-state index contributed by atoms with van der Waals surface area (Å²) in [4.78, 5) is 50.9. The van der Waals surface area contributed by atoms with Crippen LogP contribution in [-0.4, -0.2) is 62.6 Å². The van der Waals surface area contributed by atoms with Crippen LogP contribution >= 0.6 is 0 Å². The van der Waals surface area contributed by atoms with Gasteiger partial charge in [0.2, 0.25) is 0 Å². The molecule has 2 fully saturated rings. The van der Waals surface area contributed by atoms with E-state index in [9.17, 15) is 39.6 Å². The Bertz CT molecular complexity index is 1090. The largest absolute Gasteiger partial charge is 0.481 e. The summed E-state index contributed by atoms with van der Waals surface area (Å²) in [7, 11) is 0. The van der Waals surface area contributed by atoms with Gasteiger partial charge in [-0.3, -0.25) is 19.2 Å². The number of aliphatic carboxylic acids is 1. The predicted octanol–water partition coefficient (Wildman–Crippen LogP) is 3.10. The third-order valence-corrected chi connectivity index (χ3v) is 11.7. The number of fused-ring (bicyclic) bond motifs is 4. The topological polar surface area (TPSA) is 149 Å². The molecule has 212 valence electrons. The van der Waals surface area contributed by atoms with Crippen molar-refractivity contribution in [1.82, 2.24) is 0 Å². The number of hydrogen-bond donors (Lipinski definition) is 4. The molecule has 0 aliphatic heterocycles. The molecule has 38 heavy (non-hydrogen) atoms. The van der Waals surface area contributed by atoms with Crippen LogP contribution in [0.4, 0.5) is 0 Å². The number of Topliss-reactive ketones (excluding diaryl/α,β-unsaturated/α-hetero) is 3. The van der Waals surface area contributed by atoms with Gasteiger partial charge in [-0.15, -0.1) is 0 Å². The number of rotatable bonds is 7. The molecule has 0 aromatic carbocycles. The first kappa shape index (κ1) is 29.1. The minimum absolute atomic E-state index is 0.0466. The monoisotopic (exact) mass is 532 g/mol. The Morgan fingerprint density at radius 2 is 1.66 bits per heavy atom. The number of ketones is 3. The number of aliphatic hydroxyl groups excluding tert-OH is 3. The van der Waals surface area contributed by atoms with Gasteiger partial charge in [-0.2, -0.15) is 0 Å². The number of carbonyl (C=O) groups excluding carboxylic acids is 3. The maximum absolute atomic E-state index is 14.1. The second-order valence-electron chi connectivity index (χ2n) is 13.8. The first-order valence-corrected chi connectivity index (χ1v) is 14.0. The van der Waals surface area contributed by atoms with Crippen molar-refractivity contribution in [2.75, 3.05) is 6.61 Å². The van der Waals surface area contributed by atoms with Crippen molar-refractivity contribution in [2.24, 2.45) is 45.3 Å². The van der Waals surface area contributed by atoms with Crippen molar-refractivity contribution in [1.29, 1.82) is 0 Å². The number of carboxylic acid groups (broad SMARTS) is 1. The fourth-order valence-electron chi connectivity index (χ4n) is 9.24. The maximum Gasteiger partial charge on any atom is 0.306 e. The summed E-state index contributed by atoms with van der Waals surface area (Å²) in [5.41, 5.74) is -2.25. The van der Waals surface area contributed by atoms with Crippen molar-refractivity contribution in [2.45, 2.75) is 98.7 Å². The molecule has 0 unspecified atom stereocenters. The Balaban J connectivity index is 1.75. The summed E-state index contributed by atoms with van der Waals surface area (Å²) < 4.78 is 0. The molecule has 4 aliphatic carbocycles. The van der Waals surface area contributed by atoms with Crippen molar-refractivity contribution in [3.63, 3.8) is 0 Å². The molecule has 0 bridgehead atoms. The summed E-state index contributed by atoms with van der Waals surface area (Å²) in [5, 5.41) is 42.7. The molecule has 0 aromatic rings. The van der Waals surface area contributed by atoms with Crippen LogP contribution in [0.3, 0.4) is 0 Å². The Morgan fingerprint density at radius 3 is 2.24 bits per heavy atom. The van der Waals surface area contributed by atoms with Gasteiger partial charge in [0.1, 0.15) is 11.6 Å². The lowest BCUT2D eigenvalue weighted by Gasteiger charge is -2.61. The molecule has 2 saturated carbocycles. The molecule has 0 aromatic heterocycles. The normalized spacial score (nSPS) is 44.2. The summed E-state index contributed by atoms with van der Waals surface area (Å²) in [6, 6.07) is 0. The van der Waals surface area contributed by atoms with Crippen molar-refractivity contribution in [3.05, 3.63) is 11.1 Å². The van der Waals surface area contributed by atoms with Gasteiger partial charge in [0.15, 0.2) is 5.78 Å². The molecule has 4 rings (SSSR count). The molecule has 8 heteroatoms. The smallest absolute Gasteiger partial charge is 0.306 e. The van der Waals surface area contributed by atoms with Crippen LogP contribution in [0.1, 0.15) is 86.5 Å². The van der Waals surface area contributed by atoms with Crippen LogP contribution < -0.4 is 0 Å². The second kappa shape index (κ2) is 9.34. The molecule has 0 heterocycles. The highest BCUT2D eigenvalue weighted by Crippen LogP contribution is 2.71. The van der Waals surface area contributed by atoms with Gasteiger partial charge in [0.05, 0.1) is 30.1 Å². The maximum atomic E-state index is 14.1. The lowest BCUT2D eigenvalue weighted by molar-refractivity contribution is -0.152. The lowest BCUT2D eigenvalue weighted by atomic mass is 9.42. The van der Waals surface area contributed by atoms with Gasteiger partial charge in [-0.05, 0) is 48.0 Å². The number of carbonyl (C=O) groups is 4. The highest BCUT2D eigenvalue weighted by atomic mass is 16.4. The zero-order valence-corrected chi connectivity index (χ0v) is 23.5. The SMILES string of the molecule is C[C@H](CC(=O)C[C@@H](C)[C@H]1C[C@H](O)[C@@]2(C)C3=C(C(=O)C[C@]12C)[C@@]1(C)CCC(=O)[C@@](C)(CO)[C@@H]1C[C@@H]3O)C(=O)O. The number of hydrogen-bond acceptors (Lipinski definition) is 7. The highest BCUT2D eigenvalue weighted by Gasteiger charge is 2.70. The number of allylic oxidation sites excluding steroid dienone is 1. The van der Waals surface area contributed by atoms with Crippen LogP contribution in [-0.2, 0) is 19.2 Å².